The first-order valence-corrected chi connectivity index (χ1v) is 16.1. The second-order valence-electron chi connectivity index (χ2n) is 12.7. The number of anilines is 1. The number of rotatable bonds is 13. The number of esters is 1. The van der Waals surface area contributed by atoms with E-state index in [1.165, 1.54) is 24.0 Å². The van der Waals surface area contributed by atoms with Gasteiger partial charge in [-0.2, -0.15) is 5.10 Å². The third kappa shape index (κ3) is 8.34. The van der Waals surface area contributed by atoms with Crippen LogP contribution in [-0.2, 0) is 28.1 Å². The second-order valence-corrected chi connectivity index (χ2v) is 14.4. The summed E-state index contributed by atoms with van der Waals surface area (Å²) < 4.78 is 61.0. The number of fused-ring (bicyclic) bond motifs is 1. The van der Waals surface area contributed by atoms with E-state index in [0.717, 1.165) is 0 Å². The summed E-state index contributed by atoms with van der Waals surface area (Å²) in [5.74, 6) is -0.964. The zero-order valence-electron chi connectivity index (χ0n) is 26.4. The number of imidazole rings is 1. The Morgan fingerprint density at radius 1 is 1.24 bits per heavy atom. The summed E-state index contributed by atoms with van der Waals surface area (Å²) in [6, 6.07) is 7.32. The van der Waals surface area contributed by atoms with Crippen molar-refractivity contribution >= 4 is 25.2 Å². The lowest BCUT2D eigenvalue weighted by molar-refractivity contribution is -0.161. The van der Waals surface area contributed by atoms with Gasteiger partial charge in [0.05, 0.1) is 37.1 Å². The van der Waals surface area contributed by atoms with Gasteiger partial charge in [0, 0.05) is 0 Å². The van der Waals surface area contributed by atoms with Gasteiger partial charge in [0.15, 0.2) is 29.5 Å². The largest absolute Gasteiger partial charge is 0.459 e. The van der Waals surface area contributed by atoms with E-state index in [9.17, 15) is 14.5 Å². The van der Waals surface area contributed by atoms with Crippen LogP contribution in [0.3, 0.4) is 0 Å². The molecule has 1 saturated heterocycles. The minimum absolute atomic E-state index is 0.0744. The van der Waals surface area contributed by atoms with Crippen LogP contribution < -0.4 is 15.3 Å². The van der Waals surface area contributed by atoms with Gasteiger partial charge in [-0.15, -0.1) is 0 Å². The van der Waals surface area contributed by atoms with E-state index < -0.39 is 62.6 Å². The highest BCUT2D eigenvalue weighted by molar-refractivity contribution is 7.52. The van der Waals surface area contributed by atoms with E-state index in [1.54, 1.807) is 51.1 Å². The van der Waals surface area contributed by atoms with Crippen LogP contribution in [0.1, 0.15) is 60.3 Å². The van der Waals surface area contributed by atoms with Gasteiger partial charge in [-0.25, -0.2) is 28.5 Å². The summed E-state index contributed by atoms with van der Waals surface area (Å²) in [5.41, 5.74) is 3.73. The summed E-state index contributed by atoms with van der Waals surface area (Å²) in [6.07, 6.45) is -2.94. The molecule has 0 bridgehead atoms. The number of hydrogen-bond acceptors (Lipinski definition) is 12. The standard InChI is InChI=1S/C29H42FN6O8P/c1-17(2)26(37)43-23-21(42-22(29(23,7)30)20-13-32-25-24(31)33-16-34-36(20)25)14-41-45(39,44-19-11-9-8-10-12-19)35-18(3)27(38)40-15-28(4,5)6/h8-13,16-18,21-23,27,38H,14-15H2,1-7H3,(H,35,39)(H2,31,33,34). The fourth-order valence-electron chi connectivity index (χ4n) is 4.54. The second kappa shape index (κ2) is 13.7. The van der Waals surface area contributed by atoms with Crippen LogP contribution in [0.5, 0.6) is 5.75 Å². The van der Waals surface area contributed by atoms with Crippen LogP contribution in [0.2, 0.25) is 0 Å². The maximum absolute atomic E-state index is 16.7. The Bertz CT molecular complexity index is 1500. The Labute approximate surface area is 261 Å². The number of halogens is 1. The molecule has 45 heavy (non-hydrogen) atoms. The first-order chi connectivity index (χ1) is 21.0. The lowest BCUT2D eigenvalue weighted by Gasteiger charge is -2.30. The van der Waals surface area contributed by atoms with Crippen LogP contribution in [0, 0.1) is 11.3 Å². The number of benzene rings is 1. The minimum atomic E-state index is -4.30. The number of nitrogens with one attached hydrogen (secondary N) is 1. The number of carbonyl (C=O) groups is 1. The molecule has 4 N–H and O–H groups in total. The Hall–Kier alpha value is -3.20. The van der Waals surface area contributed by atoms with Gasteiger partial charge in [-0.1, -0.05) is 52.8 Å². The van der Waals surface area contributed by atoms with E-state index in [1.807, 2.05) is 20.8 Å². The molecule has 16 heteroatoms. The van der Waals surface area contributed by atoms with E-state index >= 15 is 4.39 Å². The van der Waals surface area contributed by atoms with Gasteiger partial charge in [-0.3, -0.25) is 9.32 Å². The molecule has 0 aliphatic carbocycles. The highest BCUT2D eigenvalue weighted by atomic mass is 31.2. The summed E-state index contributed by atoms with van der Waals surface area (Å²) >= 11 is 0. The average molecular weight is 653 g/mol. The third-order valence-corrected chi connectivity index (χ3v) is 8.58. The number of carbonyl (C=O) groups excluding carboxylic acids is 1. The number of hydrogen-bond donors (Lipinski definition) is 3. The van der Waals surface area contributed by atoms with Crippen molar-refractivity contribution in [1.82, 2.24) is 24.7 Å². The monoisotopic (exact) mass is 652 g/mol. The molecular formula is C29H42FN6O8P. The quantitative estimate of drug-likeness (QED) is 0.137. The van der Waals surface area contributed by atoms with Crippen molar-refractivity contribution in [3.8, 4) is 5.75 Å². The molecule has 7 atom stereocenters. The van der Waals surface area contributed by atoms with Gasteiger partial charge in [0.25, 0.3) is 0 Å². The Morgan fingerprint density at radius 2 is 1.93 bits per heavy atom. The molecule has 1 aliphatic heterocycles. The van der Waals surface area contributed by atoms with Crippen LogP contribution in [0.4, 0.5) is 10.2 Å². The van der Waals surface area contributed by atoms with E-state index in [-0.39, 0.29) is 34.9 Å². The number of aliphatic hydroxyl groups is 1. The minimum Gasteiger partial charge on any atom is -0.456 e. The number of ether oxygens (including phenoxy) is 3. The molecule has 0 radical (unpaired) electrons. The van der Waals surface area contributed by atoms with Gasteiger partial charge in [0.2, 0.25) is 0 Å². The molecule has 7 unspecified atom stereocenters. The van der Waals surface area contributed by atoms with Crippen molar-refractivity contribution in [2.75, 3.05) is 18.9 Å². The molecule has 248 valence electrons. The molecule has 2 aromatic heterocycles. The number of nitrogens with zero attached hydrogens (tertiary/aromatic N) is 4. The zero-order chi connectivity index (χ0) is 33.2. The van der Waals surface area contributed by atoms with Crippen molar-refractivity contribution in [2.24, 2.45) is 11.3 Å². The predicted molar refractivity (Wildman–Crippen MR) is 162 cm³/mol. The van der Waals surface area contributed by atoms with Crippen LogP contribution in [-0.4, -0.2) is 74.1 Å². The first-order valence-electron chi connectivity index (χ1n) is 14.6. The van der Waals surface area contributed by atoms with Crippen LogP contribution in [0.25, 0.3) is 5.65 Å². The molecule has 0 amide bonds. The Balaban J connectivity index is 1.61. The van der Waals surface area contributed by atoms with Crippen molar-refractivity contribution in [2.45, 2.75) is 84.8 Å². The van der Waals surface area contributed by atoms with Crippen LogP contribution >= 0.6 is 7.75 Å². The SMILES string of the molecule is CC(C)C(=O)OC1C(COP(=O)(NC(C)C(O)OCC(C)(C)C)Oc2ccccc2)OC(c2cnc3c(N)ncnn23)C1(C)F. The molecule has 0 saturated carbocycles. The normalized spacial score (nSPS) is 24.8. The van der Waals surface area contributed by atoms with Gasteiger partial charge in [-0.05, 0) is 31.4 Å². The number of aromatic nitrogens is 4. The summed E-state index contributed by atoms with van der Waals surface area (Å²) in [5, 5.41) is 17.5. The number of para-hydroxylation sites is 1. The maximum atomic E-state index is 16.7. The molecular weight excluding hydrogens is 610 g/mol. The van der Waals surface area contributed by atoms with Crippen LogP contribution in [0.15, 0.2) is 42.9 Å². The van der Waals surface area contributed by atoms with Gasteiger partial charge >= 0.3 is 13.7 Å². The molecule has 3 heterocycles. The number of nitrogen functional groups attached to an aromatic ring is 1. The van der Waals surface area contributed by atoms with E-state index in [4.69, 9.17) is 29.0 Å². The van der Waals surface area contributed by atoms with Crippen molar-refractivity contribution < 1.29 is 42.1 Å². The fraction of sp³-hybridized carbons (Fsp3) is 0.586. The van der Waals surface area contributed by atoms with E-state index in [2.05, 4.69) is 20.2 Å². The first kappa shape index (κ1) is 34.7. The summed E-state index contributed by atoms with van der Waals surface area (Å²) in [7, 11) is -4.30. The fourth-order valence-corrected chi connectivity index (χ4v) is 6.08. The van der Waals surface area contributed by atoms with Crippen molar-refractivity contribution in [1.29, 1.82) is 0 Å². The third-order valence-electron chi connectivity index (χ3n) is 6.91. The highest BCUT2D eigenvalue weighted by Gasteiger charge is 2.59. The predicted octanol–water partition coefficient (Wildman–Crippen LogP) is 4.01. The summed E-state index contributed by atoms with van der Waals surface area (Å²) in [4.78, 5) is 20.8. The lowest BCUT2D eigenvalue weighted by atomic mass is 9.93. The number of alkyl halides is 1. The molecule has 0 spiro atoms. The lowest BCUT2D eigenvalue weighted by Crippen LogP contribution is -2.44. The molecule has 4 rings (SSSR count). The molecule has 1 fully saturated rings. The van der Waals surface area contributed by atoms with Crippen molar-refractivity contribution in [3.63, 3.8) is 0 Å². The number of aliphatic hydroxyl groups excluding tert-OH is 1. The smallest absolute Gasteiger partial charge is 0.456 e. The van der Waals surface area contributed by atoms with Gasteiger partial charge < -0.3 is 29.6 Å². The van der Waals surface area contributed by atoms with Gasteiger partial charge in [0.1, 0.15) is 24.3 Å². The molecule has 1 aromatic carbocycles. The molecule has 1 aliphatic rings. The number of nitrogens with two attached hydrogens (primary N) is 1. The topological polar surface area (TPSA) is 182 Å². The Morgan fingerprint density at radius 3 is 2.58 bits per heavy atom. The molecule has 14 nitrogen and oxygen atoms in total. The average Bonchev–Trinajstić information content (AvgIpc) is 3.49. The van der Waals surface area contributed by atoms with E-state index in [0.29, 0.717) is 0 Å². The Kier molecular flexibility index (Phi) is 10.5. The maximum Gasteiger partial charge on any atom is 0.459 e. The highest BCUT2D eigenvalue weighted by Crippen LogP contribution is 2.50. The van der Waals surface area contributed by atoms with Crippen molar-refractivity contribution in [3.05, 3.63) is 48.5 Å². The zero-order valence-corrected chi connectivity index (χ0v) is 27.3. The molecule has 3 aromatic rings. The summed E-state index contributed by atoms with van der Waals surface area (Å²) in [6.45, 7) is 11.5.